The number of nitrogens with two attached hydrogens (primary N) is 1. The van der Waals surface area contributed by atoms with Gasteiger partial charge < -0.3 is 4.42 Å². The van der Waals surface area contributed by atoms with E-state index in [2.05, 4.69) is 26.2 Å². The molecule has 1 heterocycles. The second kappa shape index (κ2) is 5.53. The third-order valence-corrected chi connectivity index (χ3v) is 3.46. The molecule has 0 saturated heterocycles. The molecule has 0 aliphatic rings. The average Bonchev–Trinajstić information content (AvgIpc) is 2.71. The SMILES string of the molecule is CC(C)(C)CCC(NN)c1cc2cc(Cl)ccc2o1. The van der Waals surface area contributed by atoms with Gasteiger partial charge in [0.05, 0.1) is 6.04 Å². The number of halogens is 1. The first-order valence-corrected chi connectivity index (χ1v) is 6.92. The fourth-order valence-electron chi connectivity index (χ4n) is 2.09. The van der Waals surface area contributed by atoms with Gasteiger partial charge in [-0.2, -0.15) is 0 Å². The summed E-state index contributed by atoms with van der Waals surface area (Å²) >= 11 is 5.98. The van der Waals surface area contributed by atoms with E-state index in [4.69, 9.17) is 21.9 Å². The van der Waals surface area contributed by atoms with Crippen LogP contribution in [0.2, 0.25) is 5.02 Å². The van der Waals surface area contributed by atoms with Crippen molar-refractivity contribution in [3.05, 3.63) is 35.0 Å². The van der Waals surface area contributed by atoms with Gasteiger partial charge in [0.15, 0.2) is 0 Å². The standard InChI is InChI=1S/C15H21ClN2O/c1-15(2,3)7-6-12(18-17)14-9-10-8-11(16)4-5-13(10)19-14/h4-5,8-9,12,18H,6-7,17H2,1-3H3. The first kappa shape index (κ1) is 14.4. The van der Waals surface area contributed by atoms with Crippen LogP contribution in [0.4, 0.5) is 0 Å². The number of nitrogens with one attached hydrogen (secondary N) is 1. The van der Waals surface area contributed by atoms with Gasteiger partial charge in [-0.05, 0) is 42.5 Å². The van der Waals surface area contributed by atoms with Gasteiger partial charge in [-0.15, -0.1) is 0 Å². The van der Waals surface area contributed by atoms with Gasteiger partial charge in [0.1, 0.15) is 11.3 Å². The van der Waals surface area contributed by atoms with Crippen LogP contribution in [-0.4, -0.2) is 0 Å². The molecule has 1 aromatic carbocycles. The fraction of sp³-hybridized carbons (Fsp3) is 0.467. The highest BCUT2D eigenvalue weighted by Gasteiger charge is 2.19. The normalized spacial score (nSPS) is 13.9. The molecule has 19 heavy (non-hydrogen) atoms. The number of benzene rings is 1. The van der Waals surface area contributed by atoms with Gasteiger partial charge in [-0.25, -0.2) is 5.43 Å². The zero-order valence-electron chi connectivity index (χ0n) is 11.7. The van der Waals surface area contributed by atoms with Gasteiger partial charge in [0.2, 0.25) is 0 Å². The van der Waals surface area contributed by atoms with Crippen LogP contribution in [0, 0.1) is 5.41 Å². The van der Waals surface area contributed by atoms with Crippen LogP contribution in [-0.2, 0) is 0 Å². The Labute approximate surface area is 119 Å². The van der Waals surface area contributed by atoms with Crippen LogP contribution in [0.1, 0.15) is 45.4 Å². The minimum Gasteiger partial charge on any atom is -0.459 e. The zero-order valence-corrected chi connectivity index (χ0v) is 12.4. The van der Waals surface area contributed by atoms with E-state index in [9.17, 15) is 0 Å². The van der Waals surface area contributed by atoms with E-state index in [1.54, 1.807) is 0 Å². The van der Waals surface area contributed by atoms with Crippen molar-refractivity contribution in [2.24, 2.45) is 11.3 Å². The van der Waals surface area contributed by atoms with Gasteiger partial charge in [0, 0.05) is 10.4 Å². The van der Waals surface area contributed by atoms with Crippen molar-refractivity contribution in [1.29, 1.82) is 0 Å². The molecule has 0 saturated carbocycles. The first-order chi connectivity index (χ1) is 8.89. The summed E-state index contributed by atoms with van der Waals surface area (Å²) in [5.41, 5.74) is 3.96. The molecule has 0 bridgehead atoms. The summed E-state index contributed by atoms with van der Waals surface area (Å²) < 4.78 is 5.84. The number of furan rings is 1. The number of hydrogen-bond acceptors (Lipinski definition) is 3. The monoisotopic (exact) mass is 280 g/mol. The van der Waals surface area contributed by atoms with E-state index in [1.807, 2.05) is 24.3 Å². The topological polar surface area (TPSA) is 51.2 Å². The molecule has 1 aromatic heterocycles. The van der Waals surface area contributed by atoms with Crippen LogP contribution >= 0.6 is 11.6 Å². The maximum absolute atomic E-state index is 5.98. The van der Waals surface area contributed by atoms with Crippen molar-refractivity contribution >= 4 is 22.6 Å². The van der Waals surface area contributed by atoms with Gasteiger partial charge >= 0.3 is 0 Å². The van der Waals surface area contributed by atoms with Crippen molar-refractivity contribution in [3.63, 3.8) is 0 Å². The Balaban J connectivity index is 2.20. The summed E-state index contributed by atoms with van der Waals surface area (Å²) in [6.07, 6.45) is 2.01. The van der Waals surface area contributed by atoms with E-state index >= 15 is 0 Å². The lowest BCUT2D eigenvalue weighted by molar-refractivity contribution is 0.315. The van der Waals surface area contributed by atoms with Crippen molar-refractivity contribution < 1.29 is 4.42 Å². The molecule has 2 rings (SSSR count). The maximum Gasteiger partial charge on any atom is 0.134 e. The highest BCUT2D eigenvalue weighted by atomic mass is 35.5. The van der Waals surface area contributed by atoms with Crippen LogP contribution in [0.3, 0.4) is 0 Å². The van der Waals surface area contributed by atoms with Crippen LogP contribution in [0.5, 0.6) is 0 Å². The molecule has 1 unspecified atom stereocenters. The molecule has 2 aromatic rings. The molecule has 3 N–H and O–H groups in total. The molecule has 104 valence electrons. The molecule has 1 atom stereocenters. The average molecular weight is 281 g/mol. The summed E-state index contributed by atoms with van der Waals surface area (Å²) in [5, 5.41) is 1.73. The smallest absolute Gasteiger partial charge is 0.134 e. The maximum atomic E-state index is 5.98. The first-order valence-electron chi connectivity index (χ1n) is 6.54. The van der Waals surface area contributed by atoms with E-state index in [1.165, 1.54) is 0 Å². The lowest BCUT2D eigenvalue weighted by atomic mass is 9.88. The summed E-state index contributed by atoms with van der Waals surface area (Å²) in [6, 6.07) is 7.66. The van der Waals surface area contributed by atoms with Crippen LogP contribution in [0.15, 0.2) is 28.7 Å². The largest absolute Gasteiger partial charge is 0.459 e. The Morgan fingerprint density at radius 3 is 2.68 bits per heavy atom. The quantitative estimate of drug-likeness (QED) is 0.644. The molecule has 4 heteroatoms. The highest BCUT2D eigenvalue weighted by molar-refractivity contribution is 6.31. The Morgan fingerprint density at radius 1 is 1.32 bits per heavy atom. The van der Waals surface area contributed by atoms with Gasteiger partial charge in [-0.1, -0.05) is 32.4 Å². The predicted molar refractivity (Wildman–Crippen MR) is 80.0 cm³/mol. The molecule has 0 fully saturated rings. The predicted octanol–water partition coefficient (Wildman–Crippen LogP) is 4.42. The van der Waals surface area contributed by atoms with E-state index < -0.39 is 0 Å². The number of rotatable bonds is 4. The molecule has 0 radical (unpaired) electrons. The van der Waals surface area contributed by atoms with E-state index in [0.717, 1.165) is 29.6 Å². The van der Waals surface area contributed by atoms with E-state index in [0.29, 0.717) is 5.02 Å². The summed E-state index contributed by atoms with van der Waals surface area (Å²) in [7, 11) is 0. The van der Waals surface area contributed by atoms with Crippen molar-refractivity contribution in [2.75, 3.05) is 0 Å². The number of hydrazine groups is 1. The summed E-state index contributed by atoms with van der Waals surface area (Å²) in [4.78, 5) is 0. The zero-order chi connectivity index (χ0) is 14.0. The minimum absolute atomic E-state index is 0.0328. The lowest BCUT2D eigenvalue weighted by Gasteiger charge is -2.21. The van der Waals surface area contributed by atoms with Crippen LogP contribution in [0.25, 0.3) is 11.0 Å². The molecule has 0 aliphatic heterocycles. The molecule has 0 spiro atoms. The minimum atomic E-state index is 0.0328. The van der Waals surface area contributed by atoms with Crippen molar-refractivity contribution in [3.8, 4) is 0 Å². The lowest BCUT2D eigenvalue weighted by Crippen LogP contribution is -2.28. The van der Waals surface area contributed by atoms with Crippen LogP contribution < -0.4 is 11.3 Å². The third kappa shape index (κ3) is 3.72. The summed E-state index contributed by atoms with van der Waals surface area (Å²) in [6.45, 7) is 6.66. The number of fused-ring (bicyclic) bond motifs is 1. The molecule has 0 amide bonds. The third-order valence-electron chi connectivity index (χ3n) is 3.23. The molecule has 0 aliphatic carbocycles. The Kier molecular flexibility index (Phi) is 4.19. The molecular formula is C15H21ClN2O. The molecular weight excluding hydrogens is 260 g/mol. The fourth-order valence-corrected chi connectivity index (χ4v) is 2.27. The van der Waals surface area contributed by atoms with Crippen molar-refractivity contribution in [1.82, 2.24) is 5.43 Å². The highest BCUT2D eigenvalue weighted by Crippen LogP contribution is 2.31. The van der Waals surface area contributed by atoms with E-state index in [-0.39, 0.29) is 11.5 Å². The van der Waals surface area contributed by atoms with Gasteiger partial charge in [0.25, 0.3) is 0 Å². The summed E-state index contributed by atoms with van der Waals surface area (Å²) in [5.74, 6) is 6.51. The molecule has 3 nitrogen and oxygen atoms in total. The Morgan fingerprint density at radius 2 is 2.05 bits per heavy atom. The Bertz CT molecular complexity index is 557. The number of hydrogen-bond donors (Lipinski definition) is 2. The van der Waals surface area contributed by atoms with Gasteiger partial charge in [-0.3, -0.25) is 5.84 Å². The second-order valence-electron chi connectivity index (χ2n) is 6.15. The Hall–Kier alpha value is -1.03. The van der Waals surface area contributed by atoms with Crippen molar-refractivity contribution in [2.45, 2.75) is 39.7 Å². The second-order valence-corrected chi connectivity index (χ2v) is 6.59.